The maximum Gasteiger partial charge on any atom is 0.310 e. The van der Waals surface area contributed by atoms with E-state index in [1.54, 1.807) is 0 Å². The van der Waals surface area contributed by atoms with Crippen LogP contribution >= 0.6 is 0 Å². The van der Waals surface area contributed by atoms with E-state index in [0.29, 0.717) is 5.92 Å². The summed E-state index contributed by atoms with van der Waals surface area (Å²) in [5.41, 5.74) is 3.17. The molecule has 1 aliphatic heterocycles. The van der Waals surface area contributed by atoms with Gasteiger partial charge in [0.05, 0.1) is 11.8 Å². The molecular formula is C17H19NO3. The van der Waals surface area contributed by atoms with E-state index in [0.717, 1.165) is 24.1 Å². The zero-order valence-electron chi connectivity index (χ0n) is 12.3. The van der Waals surface area contributed by atoms with Crippen molar-refractivity contribution in [2.45, 2.75) is 32.8 Å². The summed E-state index contributed by atoms with van der Waals surface area (Å²) in [7, 11) is 0. The number of aryl methyl sites for hydroxylation is 2. The van der Waals surface area contributed by atoms with Crippen molar-refractivity contribution < 1.29 is 14.3 Å². The van der Waals surface area contributed by atoms with Crippen LogP contribution in [0.1, 0.15) is 24.0 Å². The average Bonchev–Trinajstić information content (AvgIpc) is 3.04. The van der Waals surface area contributed by atoms with E-state index >= 15 is 0 Å². The van der Waals surface area contributed by atoms with Gasteiger partial charge in [-0.3, -0.25) is 9.59 Å². The Kier molecular flexibility index (Phi) is 2.65. The molecule has 1 aromatic carbocycles. The fraction of sp³-hybridized carbons (Fsp3) is 0.529. The smallest absolute Gasteiger partial charge is 0.310 e. The van der Waals surface area contributed by atoms with Crippen LogP contribution in [-0.2, 0) is 14.3 Å². The van der Waals surface area contributed by atoms with Gasteiger partial charge < -0.3 is 10.1 Å². The third-order valence-corrected chi connectivity index (χ3v) is 5.56. The number of fused-ring (bicyclic) bond motifs is 1. The van der Waals surface area contributed by atoms with E-state index in [1.807, 2.05) is 32.0 Å². The number of amides is 1. The third-order valence-electron chi connectivity index (χ3n) is 5.56. The van der Waals surface area contributed by atoms with Crippen LogP contribution < -0.4 is 5.32 Å². The standard InChI is InChI=1S/C17H19NO3/c1-8-3-4-11(5-9(8)2)18-16(19)14-10-6-12-13(7-10)21-17(20)15(12)14/h3-5,10,12-15H,6-7H2,1-2H3,(H,18,19). The van der Waals surface area contributed by atoms with Gasteiger partial charge in [0.2, 0.25) is 5.91 Å². The summed E-state index contributed by atoms with van der Waals surface area (Å²) in [5.74, 6) is -0.0116. The number of rotatable bonds is 2. The number of carbonyl (C=O) groups is 2. The summed E-state index contributed by atoms with van der Waals surface area (Å²) < 4.78 is 5.39. The van der Waals surface area contributed by atoms with Crippen molar-refractivity contribution in [1.29, 1.82) is 0 Å². The molecule has 3 aliphatic rings. The van der Waals surface area contributed by atoms with Gasteiger partial charge in [0.1, 0.15) is 6.10 Å². The van der Waals surface area contributed by atoms with Crippen molar-refractivity contribution in [3.63, 3.8) is 0 Å². The Morgan fingerprint density at radius 3 is 2.81 bits per heavy atom. The minimum absolute atomic E-state index is 0.0203. The quantitative estimate of drug-likeness (QED) is 0.849. The lowest BCUT2D eigenvalue weighted by Gasteiger charge is -2.23. The lowest BCUT2D eigenvalue weighted by atomic mass is 9.79. The van der Waals surface area contributed by atoms with E-state index in [2.05, 4.69) is 5.32 Å². The number of ether oxygens (including phenoxy) is 1. The maximum atomic E-state index is 12.6. The molecule has 4 rings (SSSR count). The van der Waals surface area contributed by atoms with E-state index < -0.39 is 0 Å². The topological polar surface area (TPSA) is 55.4 Å². The minimum atomic E-state index is -0.208. The van der Waals surface area contributed by atoms with Gasteiger partial charge >= 0.3 is 5.97 Å². The Morgan fingerprint density at radius 2 is 2.05 bits per heavy atom. The SMILES string of the molecule is Cc1ccc(NC(=O)C2C3CC4OC(=O)C2C4C3)cc1C. The Labute approximate surface area is 123 Å². The van der Waals surface area contributed by atoms with E-state index in [4.69, 9.17) is 4.74 Å². The van der Waals surface area contributed by atoms with Crippen molar-refractivity contribution in [2.75, 3.05) is 5.32 Å². The fourth-order valence-corrected chi connectivity index (χ4v) is 4.41. The molecule has 110 valence electrons. The molecule has 1 amide bonds. The van der Waals surface area contributed by atoms with Gasteiger partial charge in [-0.1, -0.05) is 6.07 Å². The van der Waals surface area contributed by atoms with Gasteiger partial charge in [-0.2, -0.15) is 0 Å². The molecule has 0 radical (unpaired) electrons. The van der Waals surface area contributed by atoms with Crippen LogP contribution in [0, 0.1) is 37.5 Å². The van der Waals surface area contributed by atoms with Gasteiger partial charge in [-0.15, -0.1) is 0 Å². The van der Waals surface area contributed by atoms with Crippen LogP contribution in [0.25, 0.3) is 0 Å². The molecule has 1 heterocycles. The van der Waals surface area contributed by atoms with Gasteiger partial charge in [0.15, 0.2) is 0 Å². The maximum absolute atomic E-state index is 12.6. The second-order valence-corrected chi connectivity index (χ2v) is 6.71. The van der Waals surface area contributed by atoms with Crippen molar-refractivity contribution in [1.82, 2.24) is 0 Å². The Hall–Kier alpha value is -1.84. The van der Waals surface area contributed by atoms with Crippen LogP contribution in [0.15, 0.2) is 18.2 Å². The zero-order chi connectivity index (χ0) is 14.7. The molecule has 0 spiro atoms. The van der Waals surface area contributed by atoms with E-state index in [-0.39, 0.29) is 35.7 Å². The highest BCUT2D eigenvalue weighted by atomic mass is 16.6. The summed E-state index contributed by atoms with van der Waals surface area (Å²) in [6.07, 6.45) is 1.91. The van der Waals surface area contributed by atoms with Crippen molar-refractivity contribution in [3.05, 3.63) is 29.3 Å². The highest BCUT2D eigenvalue weighted by Crippen LogP contribution is 2.57. The molecular weight excluding hydrogens is 266 g/mol. The first kappa shape index (κ1) is 12.9. The highest BCUT2D eigenvalue weighted by Gasteiger charge is 2.63. The molecule has 3 fully saturated rings. The van der Waals surface area contributed by atoms with Crippen LogP contribution in [0.2, 0.25) is 0 Å². The second kappa shape index (κ2) is 4.33. The van der Waals surface area contributed by atoms with Crippen LogP contribution in [-0.4, -0.2) is 18.0 Å². The summed E-state index contributed by atoms with van der Waals surface area (Å²) in [5, 5.41) is 2.99. The fourth-order valence-electron chi connectivity index (χ4n) is 4.41. The van der Waals surface area contributed by atoms with Crippen LogP contribution in [0.4, 0.5) is 5.69 Å². The molecule has 5 atom stereocenters. The Morgan fingerprint density at radius 1 is 1.24 bits per heavy atom. The molecule has 2 saturated carbocycles. The van der Waals surface area contributed by atoms with Gasteiger partial charge in [0, 0.05) is 11.6 Å². The first-order valence-electron chi connectivity index (χ1n) is 7.63. The molecule has 5 unspecified atom stereocenters. The second-order valence-electron chi connectivity index (χ2n) is 6.71. The Balaban J connectivity index is 1.55. The monoisotopic (exact) mass is 285 g/mol. The minimum Gasteiger partial charge on any atom is -0.462 e. The Bertz CT molecular complexity index is 637. The van der Waals surface area contributed by atoms with Gasteiger partial charge in [-0.25, -0.2) is 0 Å². The molecule has 2 bridgehead atoms. The largest absolute Gasteiger partial charge is 0.462 e. The van der Waals surface area contributed by atoms with Crippen molar-refractivity contribution >= 4 is 17.6 Å². The average molecular weight is 285 g/mol. The third kappa shape index (κ3) is 1.81. The highest BCUT2D eigenvalue weighted by molar-refractivity contribution is 5.97. The van der Waals surface area contributed by atoms with Crippen LogP contribution in [0.5, 0.6) is 0 Å². The predicted octanol–water partition coefficient (Wildman–Crippen LogP) is 2.44. The summed E-state index contributed by atoms with van der Waals surface area (Å²) in [6, 6.07) is 5.91. The van der Waals surface area contributed by atoms with Crippen LogP contribution in [0.3, 0.4) is 0 Å². The van der Waals surface area contributed by atoms with Crippen molar-refractivity contribution in [3.8, 4) is 0 Å². The normalized spacial score (nSPS) is 35.9. The molecule has 1 saturated heterocycles. The summed E-state index contributed by atoms with van der Waals surface area (Å²) >= 11 is 0. The molecule has 21 heavy (non-hydrogen) atoms. The molecule has 1 aromatic rings. The number of nitrogens with one attached hydrogen (secondary N) is 1. The molecule has 1 N–H and O–H groups in total. The van der Waals surface area contributed by atoms with Gasteiger partial charge in [0.25, 0.3) is 0 Å². The first-order chi connectivity index (χ1) is 10.0. The number of hydrogen-bond donors (Lipinski definition) is 1. The zero-order valence-corrected chi connectivity index (χ0v) is 12.3. The number of benzene rings is 1. The van der Waals surface area contributed by atoms with Crippen molar-refractivity contribution in [2.24, 2.45) is 23.7 Å². The van der Waals surface area contributed by atoms with E-state index in [9.17, 15) is 9.59 Å². The summed E-state index contributed by atoms with van der Waals surface area (Å²) in [4.78, 5) is 24.6. The lowest BCUT2D eigenvalue weighted by molar-refractivity contribution is -0.145. The molecule has 4 heteroatoms. The lowest BCUT2D eigenvalue weighted by Crippen LogP contribution is -2.35. The number of hydrogen-bond acceptors (Lipinski definition) is 3. The number of carbonyl (C=O) groups excluding carboxylic acids is 2. The van der Waals surface area contributed by atoms with E-state index in [1.165, 1.54) is 5.56 Å². The first-order valence-corrected chi connectivity index (χ1v) is 7.63. The van der Waals surface area contributed by atoms with Gasteiger partial charge in [-0.05, 0) is 55.9 Å². The molecule has 4 nitrogen and oxygen atoms in total. The number of esters is 1. The summed E-state index contributed by atoms with van der Waals surface area (Å²) in [6.45, 7) is 4.08. The number of anilines is 1. The molecule has 0 aromatic heterocycles. The predicted molar refractivity (Wildman–Crippen MR) is 77.6 cm³/mol. The molecule has 2 aliphatic carbocycles.